The van der Waals surface area contributed by atoms with Crippen LogP contribution in [0.25, 0.3) is 22.3 Å². The van der Waals surface area contributed by atoms with Crippen LogP contribution in [-0.4, -0.2) is 31.1 Å². The van der Waals surface area contributed by atoms with Crippen molar-refractivity contribution in [3.8, 4) is 11.5 Å². The normalized spacial score (nSPS) is 10.8. The van der Waals surface area contributed by atoms with Crippen LogP contribution in [0, 0.1) is 0 Å². The van der Waals surface area contributed by atoms with Gasteiger partial charge in [0.25, 0.3) is 11.5 Å². The third-order valence-corrected chi connectivity index (χ3v) is 4.02. The lowest BCUT2D eigenvalue weighted by atomic mass is 10.1. The lowest BCUT2D eigenvalue weighted by molar-refractivity contribution is 0.0950. The molecule has 0 fully saturated rings. The molecule has 3 aromatic heterocycles. The van der Waals surface area contributed by atoms with Crippen LogP contribution in [0.3, 0.4) is 0 Å². The van der Waals surface area contributed by atoms with Gasteiger partial charge in [0, 0.05) is 24.3 Å². The SMILES string of the molecule is O=C(NCc1c[nH]c(=O)c2ccccc12)c1ccc(-c2ncn[nH]2)nc1. The molecule has 0 aliphatic carbocycles. The van der Waals surface area contributed by atoms with Gasteiger partial charge in [0.15, 0.2) is 5.82 Å². The highest BCUT2D eigenvalue weighted by atomic mass is 16.1. The maximum atomic E-state index is 12.4. The second-order valence-corrected chi connectivity index (χ2v) is 5.64. The summed E-state index contributed by atoms with van der Waals surface area (Å²) in [6.07, 6.45) is 4.50. The van der Waals surface area contributed by atoms with Gasteiger partial charge < -0.3 is 10.3 Å². The highest BCUT2D eigenvalue weighted by molar-refractivity contribution is 5.94. The Labute approximate surface area is 147 Å². The third-order valence-electron chi connectivity index (χ3n) is 4.02. The molecule has 8 heteroatoms. The lowest BCUT2D eigenvalue weighted by Gasteiger charge is -2.08. The van der Waals surface area contributed by atoms with E-state index in [0.717, 1.165) is 10.9 Å². The number of hydrogen-bond donors (Lipinski definition) is 3. The number of aromatic nitrogens is 5. The van der Waals surface area contributed by atoms with Gasteiger partial charge >= 0.3 is 0 Å². The molecule has 0 radical (unpaired) electrons. The zero-order valence-electron chi connectivity index (χ0n) is 13.6. The summed E-state index contributed by atoms with van der Waals surface area (Å²) in [6, 6.07) is 10.7. The maximum absolute atomic E-state index is 12.4. The number of rotatable bonds is 4. The Morgan fingerprint density at radius 2 is 1.92 bits per heavy atom. The number of fused-ring (bicyclic) bond motifs is 1. The van der Waals surface area contributed by atoms with Crippen LogP contribution in [-0.2, 0) is 6.54 Å². The average Bonchev–Trinajstić information content (AvgIpc) is 3.22. The molecule has 0 saturated heterocycles. The molecule has 8 nitrogen and oxygen atoms in total. The van der Waals surface area contributed by atoms with Crippen molar-refractivity contribution in [2.24, 2.45) is 0 Å². The summed E-state index contributed by atoms with van der Waals surface area (Å²) in [7, 11) is 0. The van der Waals surface area contributed by atoms with Gasteiger partial charge in [-0.05, 0) is 29.1 Å². The summed E-state index contributed by atoms with van der Waals surface area (Å²) in [4.78, 5) is 35.1. The van der Waals surface area contributed by atoms with E-state index in [0.29, 0.717) is 29.0 Å². The fraction of sp³-hybridized carbons (Fsp3) is 0.0556. The molecule has 0 atom stereocenters. The number of carbonyl (C=O) groups is 1. The van der Waals surface area contributed by atoms with Crippen LogP contribution in [0.4, 0.5) is 0 Å². The largest absolute Gasteiger partial charge is 0.348 e. The smallest absolute Gasteiger partial charge is 0.255 e. The van der Waals surface area contributed by atoms with Crippen molar-refractivity contribution >= 4 is 16.7 Å². The van der Waals surface area contributed by atoms with E-state index in [9.17, 15) is 9.59 Å². The fourth-order valence-corrected chi connectivity index (χ4v) is 2.69. The summed E-state index contributed by atoms with van der Waals surface area (Å²) in [5.74, 6) is 0.286. The molecule has 26 heavy (non-hydrogen) atoms. The topological polar surface area (TPSA) is 116 Å². The van der Waals surface area contributed by atoms with Crippen molar-refractivity contribution < 1.29 is 4.79 Å². The summed E-state index contributed by atoms with van der Waals surface area (Å²) in [5, 5.41) is 10.7. The first-order valence-electron chi connectivity index (χ1n) is 7.91. The maximum Gasteiger partial charge on any atom is 0.255 e. The first kappa shape index (κ1) is 15.7. The predicted molar refractivity (Wildman–Crippen MR) is 95.4 cm³/mol. The van der Waals surface area contributed by atoms with Crippen molar-refractivity contribution in [1.29, 1.82) is 0 Å². The Hall–Kier alpha value is -3.81. The first-order valence-corrected chi connectivity index (χ1v) is 7.91. The number of pyridine rings is 2. The van der Waals surface area contributed by atoms with Crippen molar-refractivity contribution in [2.45, 2.75) is 6.54 Å². The molecule has 128 valence electrons. The summed E-state index contributed by atoms with van der Waals surface area (Å²) in [5.41, 5.74) is 1.72. The van der Waals surface area contributed by atoms with E-state index in [2.05, 4.69) is 30.5 Å². The van der Waals surface area contributed by atoms with Gasteiger partial charge in [-0.2, -0.15) is 5.10 Å². The standard InChI is InChI=1S/C18H14N6O2/c25-17(11-5-6-15(19-7-11)16-22-10-23-24-16)20-8-12-9-21-18(26)14-4-2-1-3-13(12)14/h1-7,9-10H,8H2,(H,20,25)(H,21,26)(H,22,23,24). The molecule has 0 aliphatic heterocycles. The van der Waals surface area contributed by atoms with Crippen molar-refractivity contribution in [2.75, 3.05) is 0 Å². The van der Waals surface area contributed by atoms with Crippen LogP contribution < -0.4 is 10.9 Å². The van der Waals surface area contributed by atoms with Gasteiger partial charge in [-0.1, -0.05) is 18.2 Å². The third kappa shape index (κ3) is 2.95. The molecule has 4 rings (SSSR count). The van der Waals surface area contributed by atoms with E-state index in [-0.39, 0.29) is 11.5 Å². The molecule has 4 aromatic rings. The van der Waals surface area contributed by atoms with E-state index in [1.54, 1.807) is 24.4 Å². The quantitative estimate of drug-likeness (QED) is 0.519. The number of aromatic amines is 2. The molecule has 1 amide bonds. The number of hydrogen-bond acceptors (Lipinski definition) is 5. The Morgan fingerprint density at radius 3 is 2.65 bits per heavy atom. The second kappa shape index (κ2) is 6.60. The van der Waals surface area contributed by atoms with E-state index in [1.165, 1.54) is 12.5 Å². The van der Waals surface area contributed by atoms with Crippen LogP contribution in [0.1, 0.15) is 15.9 Å². The van der Waals surface area contributed by atoms with Crippen LogP contribution in [0.5, 0.6) is 0 Å². The minimum absolute atomic E-state index is 0.150. The van der Waals surface area contributed by atoms with Gasteiger partial charge in [0.2, 0.25) is 0 Å². The molecule has 3 heterocycles. The molecular formula is C18H14N6O2. The molecule has 3 N–H and O–H groups in total. The minimum atomic E-state index is -0.253. The molecule has 0 aliphatic rings. The van der Waals surface area contributed by atoms with Crippen molar-refractivity contribution in [1.82, 2.24) is 30.5 Å². The molecule has 0 unspecified atom stereocenters. The van der Waals surface area contributed by atoms with Crippen LogP contribution >= 0.6 is 0 Å². The van der Waals surface area contributed by atoms with Gasteiger partial charge in [0.05, 0.1) is 5.56 Å². The zero-order valence-corrected chi connectivity index (χ0v) is 13.6. The Kier molecular flexibility index (Phi) is 3.98. The van der Waals surface area contributed by atoms with Gasteiger partial charge in [-0.25, -0.2) is 4.98 Å². The van der Waals surface area contributed by atoms with E-state index in [1.807, 2.05) is 18.2 Å². The molecular weight excluding hydrogens is 332 g/mol. The lowest BCUT2D eigenvalue weighted by Crippen LogP contribution is -2.23. The number of nitrogens with one attached hydrogen (secondary N) is 3. The Bertz CT molecular complexity index is 1120. The Balaban J connectivity index is 1.51. The summed E-state index contributed by atoms with van der Waals surface area (Å²) >= 11 is 0. The number of benzene rings is 1. The first-order chi connectivity index (χ1) is 12.7. The summed E-state index contributed by atoms with van der Waals surface area (Å²) in [6.45, 7) is 0.292. The van der Waals surface area contributed by atoms with E-state index < -0.39 is 0 Å². The minimum Gasteiger partial charge on any atom is -0.348 e. The average molecular weight is 346 g/mol. The second-order valence-electron chi connectivity index (χ2n) is 5.64. The van der Waals surface area contributed by atoms with Crippen molar-refractivity contribution in [3.05, 3.63) is 76.6 Å². The van der Waals surface area contributed by atoms with Gasteiger partial charge in [-0.15, -0.1) is 0 Å². The number of amides is 1. The fourth-order valence-electron chi connectivity index (χ4n) is 2.69. The Morgan fingerprint density at radius 1 is 1.08 bits per heavy atom. The highest BCUT2D eigenvalue weighted by Gasteiger charge is 2.10. The highest BCUT2D eigenvalue weighted by Crippen LogP contribution is 2.14. The molecule has 0 spiro atoms. The summed E-state index contributed by atoms with van der Waals surface area (Å²) < 4.78 is 0. The predicted octanol–water partition coefficient (Wildman–Crippen LogP) is 1.64. The number of H-pyrrole nitrogens is 2. The zero-order chi connectivity index (χ0) is 17.9. The van der Waals surface area contributed by atoms with E-state index >= 15 is 0 Å². The number of nitrogens with zero attached hydrogens (tertiary/aromatic N) is 3. The van der Waals surface area contributed by atoms with Gasteiger partial charge in [-0.3, -0.25) is 19.7 Å². The molecule has 0 bridgehead atoms. The van der Waals surface area contributed by atoms with E-state index in [4.69, 9.17) is 0 Å². The number of carbonyl (C=O) groups excluding carboxylic acids is 1. The van der Waals surface area contributed by atoms with Crippen molar-refractivity contribution in [3.63, 3.8) is 0 Å². The monoisotopic (exact) mass is 346 g/mol. The molecule has 0 saturated carbocycles. The van der Waals surface area contributed by atoms with Crippen LogP contribution in [0.15, 0.2) is 59.9 Å². The molecule has 1 aromatic carbocycles. The van der Waals surface area contributed by atoms with Crippen LogP contribution in [0.2, 0.25) is 0 Å². The van der Waals surface area contributed by atoms with Gasteiger partial charge in [0.1, 0.15) is 12.0 Å².